The van der Waals surface area contributed by atoms with E-state index in [2.05, 4.69) is 16.9 Å². The highest BCUT2D eigenvalue weighted by atomic mass is 32.1. The molecule has 2 aliphatic heterocycles. The van der Waals surface area contributed by atoms with Crippen LogP contribution in [0.15, 0.2) is 0 Å². The number of hydrogen-bond donors (Lipinski definition) is 0. The van der Waals surface area contributed by atoms with Crippen LogP contribution in [0.3, 0.4) is 0 Å². The maximum Gasteiger partial charge on any atom is 0.188 e. The monoisotopic (exact) mass is 222 g/mol. The highest BCUT2D eigenvalue weighted by Gasteiger charge is 2.39. The number of likely N-dealkylation sites (N-methyl/N-ethyl adjacent to an activating group) is 1. The van der Waals surface area contributed by atoms with Gasteiger partial charge in [0.25, 0.3) is 0 Å². The van der Waals surface area contributed by atoms with E-state index in [9.17, 15) is 4.79 Å². The van der Waals surface area contributed by atoms with E-state index in [1.165, 1.54) is 23.4 Å². The molecule has 0 aliphatic carbocycles. The lowest BCUT2D eigenvalue weighted by atomic mass is 10.1. The van der Waals surface area contributed by atoms with Crippen LogP contribution in [0.25, 0.3) is 0 Å². The molecular weight excluding hydrogens is 208 g/mol. The Morgan fingerprint density at radius 3 is 3.07 bits per heavy atom. The molecule has 2 atom stereocenters. The molecule has 2 bridgehead atoms. The Hall–Kier alpha value is -0.740. The van der Waals surface area contributed by atoms with E-state index >= 15 is 0 Å². The predicted molar refractivity (Wildman–Crippen MR) is 59.3 cm³/mol. The molecule has 1 aromatic heterocycles. The van der Waals surface area contributed by atoms with E-state index in [-0.39, 0.29) is 5.78 Å². The maximum atomic E-state index is 11.3. The zero-order chi connectivity index (χ0) is 10.6. The first-order valence-electron chi connectivity index (χ1n) is 5.39. The molecule has 2 unspecified atom stereocenters. The topological polar surface area (TPSA) is 33.2 Å². The van der Waals surface area contributed by atoms with Crippen LogP contribution in [-0.2, 0) is 6.42 Å². The number of nitrogens with zero attached hydrogens (tertiary/aromatic N) is 2. The molecular formula is C11H14N2OS. The van der Waals surface area contributed by atoms with Crippen molar-refractivity contribution in [1.82, 2.24) is 9.88 Å². The quantitative estimate of drug-likeness (QED) is 0.682. The minimum Gasteiger partial charge on any atom is -0.295 e. The number of rotatable bonds is 1. The molecule has 0 amide bonds. The minimum absolute atomic E-state index is 0.105. The summed E-state index contributed by atoms with van der Waals surface area (Å²) in [4.78, 5) is 19.5. The SMILES string of the molecule is CC(=O)c1nc2c(s1)C1CCC(C2)N1C. The Kier molecular flexibility index (Phi) is 1.97. The maximum absolute atomic E-state index is 11.3. The first-order valence-corrected chi connectivity index (χ1v) is 6.21. The highest BCUT2D eigenvalue weighted by Crippen LogP contribution is 2.44. The second-order valence-electron chi connectivity index (χ2n) is 4.50. The van der Waals surface area contributed by atoms with E-state index < -0.39 is 0 Å². The van der Waals surface area contributed by atoms with Crippen molar-refractivity contribution in [2.75, 3.05) is 7.05 Å². The third kappa shape index (κ3) is 1.28. The van der Waals surface area contributed by atoms with Gasteiger partial charge in [-0.2, -0.15) is 0 Å². The summed E-state index contributed by atoms with van der Waals surface area (Å²) >= 11 is 1.60. The van der Waals surface area contributed by atoms with Gasteiger partial charge in [-0.05, 0) is 19.9 Å². The van der Waals surface area contributed by atoms with Crippen LogP contribution < -0.4 is 0 Å². The lowest BCUT2D eigenvalue weighted by Gasteiger charge is -2.29. The van der Waals surface area contributed by atoms with Gasteiger partial charge >= 0.3 is 0 Å². The number of hydrogen-bond acceptors (Lipinski definition) is 4. The third-order valence-corrected chi connectivity index (χ3v) is 4.90. The van der Waals surface area contributed by atoms with Crippen molar-refractivity contribution in [2.45, 2.75) is 38.3 Å². The Labute approximate surface area is 93.1 Å². The fraction of sp³-hybridized carbons (Fsp3) is 0.636. The fourth-order valence-electron chi connectivity index (χ4n) is 2.72. The molecule has 1 aromatic rings. The number of carbonyl (C=O) groups is 1. The third-order valence-electron chi connectivity index (χ3n) is 3.60. The predicted octanol–water partition coefficient (Wildman–Crippen LogP) is 2.04. The summed E-state index contributed by atoms with van der Waals surface area (Å²) in [5.41, 5.74) is 1.19. The van der Waals surface area contributed by atoms with E-state index in [1.54, 1.807) is 18.3 Å². The van der Waals surface area contributed by atoms with Crippen molar-refractivity contribution in [3.8, 4) is 0 Å². The number of thiazole rings is 1. The van der Waals surface area contributed by atoms with Crippen molar-refractivity contribution in [3.63, 3.8) is 0 Å². The van der Waals surface area contributed by atoms with Crippen molar-refractivity contribution in [2.24, 2.45) is 0 Å². The van der Waals surface area contributed by atoms with Crippen LogP contribution in [0.2, 0.25) is 0 Å². The summed E-state index contributed by atoms with van der Waals surface area (Å²) in [7, 11) is 2.19. The van der Waals surface area contributed by atoms with Gasteiger partial charge in [0.1, 0.15) is 0 Å². The second kappa shape index (κ2) is 3.12. The Balaban J connectivity index is 2.06. The number of carbonyl (C=O) groups excluding carboxylic acids is 1. The Morgan fingerprint density at radius 1 is 1.53 bits per heavy atom. The normalized spacial score (nSPS) is 29.2. The summed E-state index contributed by atoms with van der Waals surface area (Å²) in [6, 6.07) is 1.19. The van der Waals surface area contributed by atoms with Gasteiger partial charge in [-0.1, -0.05) is 0 Å². The van der Waals surface area contributed by atoms with E-state index in [4.69, 9.17) is 0 Å². The van der Waals surface area contributed by atoms with Gasteiger partial charge in [-0.15, -0.1) is 11.3 Å². The van der Waals surface area contributed by atoms with Crippen molar-refractivity contribution in [1.29, 1.82) is 0 Å². The molecule has 0 saturated carbocycles. The lowest BCUT2D eigenvalue weighted by molar-refractivity contribution is 0.101. The van der Waals surface area contributed by atoms with Gasteiger partial charge in [-0.3, -0.25) is 9.69 Å². The lowest BCUT2D eigenvalue weighted by Crippen LogP contribution is -2.33. The highest BCUT2D eigenvalue weighted by molar-refractivity contribution is 7.13. The molecule has 3 nitrogen and oxygen atoms in total. The Morgan fingerprint density at radius 2 is 2.33 bits per heavy atom. The first-order chi connectivity index (χ1) is 7.16. The fourth-order valence-corrected chi connectivity index (χ4v) is 3.89. The minimum atomic E-state index is 0.105. The van der Waals surface area contributed by atoms with Crippen molar-refractivity contribution >= 4 is 17.1 Å². The molecule has 4 heteroatoms. The molecule has 80 valence electrons. The summed E-state index contributed by atoms with van der Waals surface area (Å²) in [6.45, 7) is 1.60. The first kappa shape index (κ1) is 9.48. The van der Waals surface area contributed by atoms with Crippen molar-refractivity contribution < 1.29 is 4.79 Å². The number of aromatic nitrogens is 1. The van der Waals surface area contributed by atoms with Gasteiger partial charge in [-0.25, -0.2) is 4.98 Å². The van der Waals surface area contributed by atoms with Crippen LogP contribution in [-0.4, -0.2) is 28.8 Å². The van der Waals surface area contributed by atoms with Gasteiger partial charge in [0, 0.05) is 30.3 Å². The van der Waals surface area contributed by atoms with E-state index in [0.29, 0.717) is 17.1 Å². The molecule has 0 N–H and O–H groups in total. The van der Waals surface area contributed by atoms with Gasteiger partial charge in [0.2, 0.25) is 0 Å². The summed E-state index contributed by atoms with van der Waals surface area (Å²) in [5.74, 6) is 0.105. The van der Waals surface area contributed by atoms with Crippen LogP contribution in [0.1, 0.15) is 46.2 Å². The molecule has 0 spiro atoms. The molecule has 0 radical (unpaired) electrons. The second-order valence-corrected chi connectivity index (χ2v) is 5.53. The molecule has 1 saturated heterocycles. The van der Waals surface area contributed by atoms with Gasteiger partial charge in [0.15, 0.2) is 10.8 Å². The smallest absolute Gasteiger partial charge is 0.188 e. The summed E-state index contributed by atoms with van der Waals surface area (Å²) < 4.78 is 0. The van der Waals surface area contributed by atoms with E-state index in [1.807, 2.05) is 0 Å². The van der Waals surface area contributed by atoms with E-state index in [0.717, 1.165) is 6.42 Å². The average Bonchev–Trinajstić information content (AvgIpc) is 2.70. The molecule has 1 fully saturated rings. The zero-order valence-corrected chi connectivity index (χ0v) is 9.80. The molecule has 3 heterocycles. The number of Topliss-reactive ketones (excluding diaryl/α,β-unsaturated/α-hetero) is 1. The molecule has 0 aromatic carbocycles. The molecule has 15 heavy (non-hydrogen) atoms. The molecule has 2 aliphatic rings. The molecule has 3 rings (SSSR count). The largest absolute Gasteiger partial charge is 0.295 e. The Bertz CT molecular complexity index is 426. The van der Waals surface area contributed by atoms with Crippen LogP contribution in [0.5, 0.6) is 0 Å². The van der Waals surface area contributed by atoms with Crippen LogP contribution in [0, 0.1) is 0 Å². The summed E-state index contributed by atoms with van der Waals surface area (Å²) in [5, 5.41) is 0.695. The van der Waals surface area contributed by atoms with Crippen molar-refractivity contribution in [3.05, 3.63) is 15.6 Å². The van der Waals surface area contributed by atoms with Crippen LogP contribution in [0.4, 0.5) is 0 Å². The zero-order valence-electron chi connectivity index (χ0n) is 8.99. The summed E-state index contributed by atoms with van der Waals surface area (Å²) in [6.07, 6.45) is 3.54. The van der Waals surface area contributed by atoms with Gasteiger partial charge in [0.05, 0.1) is 5.69 Å². The van der Waals surface area contributed by atoms with Gasteiger partial charge < -0.3 is 0 Å². The van der Waals surface area contributed by atoms with Crippen LogP contribution >= 0.6 is 11.3 Å². The number of ketones is 1. The number of fused-ring (bicyclic) bond motifs is 4. The average molecular weight is 222 g/mol. The standard InChI is InChI=1S/C11H14N2OS/c1-6(14)11-12-8-5-7-3-4-9(13(7)2)10(8)15-11/h7,9H,3-5H2,1-2H3.